The summed E-state index contributed by atoms with van der Waals surface area (Å²) in [5.74, 6) is -0.856. The summed E-state index contributed by atoms with van der Waals surface area (Å²) in [6, 6.07) is 11.8. The molecular formula is C23H23N3O4S. The number of ether oxygens (including phenoxy) is 1. The number of nitrogens with one attached hydrogen (secondary N) is 2. The predicted molar refractivity (Wildman–Crippen MR) is 120 cm³/mol. The summed E-state index contributed by atoms with van der Waals surface area (Å²) in [7, 11) is 1.31. The predicted octanol–water partition coefficient (Wildman–Crippen LogP) is 4.40. The summed E-state index contributed by atoms with van der Waals surface area (Å²) in [6.45, 7) is 0. The van der Waals surface area contributed by atoms with Crippen molar-refractivity contribution in [2.75, 3.05) is 12.4 Å². The Morgan fingerprint density at radius 3 is 2.32 bits per heavy atom. The van der Waals surface area contributed by atoms with E-state index in [0.717, 1.165) is 35.9 Å². The van der Waals surface area contributed by atoms with Gasteiger partial charge in [-0.2, -0.15) is 0 Å². The maximum Gasteiger partial charge on any atom is 0.337 e. The van der Waals surface area contributed by atoms with Crippen LogP contribution in [-0.4, -0.2) is 35.9 Å². The topological polar surface area (TPSA) is 97.4 Å². The van der Waals surface area contributed by atoms with E-state index in [1.807, 2.05) is 6.07 Å². The molecule has 2 aromatic carbocycles. The first-order chi connectivity index (χ1) is 15.0. The first-order valence-electron chi connectivity index (χ1n) is 10.2. The number of hydrogen-bond donors (Lipinski definition) is 2. The van der Waals surface area contributed by atoms with E-state index in [1.165, 1.54) is 37.0 Å². The van der Waals surface area contributed by atoms with Gasteiger partial charge in [-0.1, -0.05) is 30.6 Å². The van der Waals surface area contributed by atoms with Crippen molar-refractivity contribution in [3.8, 4) is 0 Å². The van der Waals surface area contributed by atoms with Gasteiger partial charge in [0.05, 0.1) is 22.9 Å². The van der Waals surface area contributed by atoms with Gasteiger partial charge in [-0.3, -0.25) is 14.9 Å². The summed E-state index contributed by atoms with van der Waals surface area (Å²) in [5, 5.41) is 6.34. The fourth-order valence-corrected chi connectivity index (χ4v) is 4.58. The fourth-order valence-electron chi connectivity index (χ4n) is 3.68. The van der Waals surface area contributed by atoms with Crippen molar-refractivity contribution in [3.05, 3.63) is 59.2 Å². The molecule has 1 heterocycles. The molecule has 1 aromatic heterocycles. The van der Waals surface area contributed by atoms with Crippen molar-refractivity contribution in [2.24, 2.45) is 0 Å². The van der Waals surface area contributed by atoms with Gasteiger partial charge < -0.3 is 10.1 Å². The summed E-state index contributed by atoms with van der Waals surface area (Å²) >= 11 is 1.31. The normalized spacial score (nSPS) is 14.2. The molecule has 8 heteroatoms. The van der Waals surface area contributed by atoms with E-state index in [9.17, 15) is 14.4 Å². The molecule has 0 saturated heterocycles. The molecule has 1 aliphatic carbocycles. The second-order valence-corrected chi connectivity index (χ2v) is 8.56. The van der Waals surface area contributed by atoms with Gasteiger partial charge in [0, 0.05) is 17.2 Å². The molecule has 31 heavy (non-hydrogen) atoms. The van der Waals surface area contributed by atoms with Crippen LogP contribution >= 0.6 is 11.3 Å². The number of nitrogens with zero attached hydrogens (tertiary/aromatic N) is 1. The van der Waals surface area contributed by atoms with Crippen LogP contribution in [-0.2, 0) is 4.74 Å². The molecule has 0 aliphatic heterocycles. The van der Waals surface area contributed by atoms with E-state index < -0.39 is 5.97 Å². The lowest BCUT2D eigenvalue weighted by atomic mass is 9.95. The maximum absolute atomic E-state index is 12.6. The van der Waals surface area contributed by atoms with E-state index >= 15 is 0 Å². The summed E-state index contributed by atoms with van der Waals surface area (Å²) in [4.78, 5) is 41.1. The first kappa shape index (κ1) is 21.0. The average molecular weight is 438 g/mol. The van der Waals surface area contributed by atoms with Crippen molar-refractivity contribution in [1.29, 1.82) is 0 Å². The number of aromatic nitrogens is 1. The van der Waals surface area contributed by atoms with Crippen LogP contribution in [0.5, 0.6) is 0 Å². The summed E-state index contributed by atoms with van der Waals surface area (Å²) < 4.78 is 5.49. The molecule has 1 aliphatic rings. The molecule has 0 radical (unpaired) electrons. The number of anilines is 1. The van der Waals surface area contributed by atoms with E-state index in [2.05, 4.69) is 20.4 Å². The average Bonchev–Trinajstić information content (AvgIpc) is 3.20. The van der Waals surface area contributed by atoms with Gasteiger partial charge in [-0.25, -0.2) is 9.78 Å². The number of carbonyl (C=O) groups is 3. The van der Waals surface area contributed by atoms with Crippen molar-refractivity contribution in [1.82, 2.24) is 10.3 Å². The number of rotatable bonds is 5. The van der Waals surface area contributed by atoms with E-state index in [-0.39, 0.29) is 17.9 Å². The number of esters is 1. The Morgan fingerprint density at radius 2 is 1.61 bits per heavy atom. The molecule has 160 valence electrons. The largest absolute Gasteiger partial charge is 0.465 e. The number of hydrogen-bond acceptors (Lipinski definition) is 6. The second kappa shape index (κ2) is 9.26. The molecule has 2 N–H and O–H groups in total. The quantitative estimate of drug-likeness (QED) is 0.577. The van der Waals surface area contributed by atoms with Gasteiger partial charge in [0.15, 0.2) is 5.13 Å². The maximum atomic E-state index is 12.6. The van der Waals surface area contributed by atoms with Crippen molar-refractivity contribution in [3.63, 3.8) is 0 Å². The molecule has 2 amide bonds. The lowest BCUT2D eigenvalue weighted by Gasteiger charge is -2.22. The van der Waals surface area contributed by atoms with Crippen LogP contribution in [0.3, 0.4) is 0 Å². The molecule has 4 rings (SSSR count). The zero-order valence-electron chi connectivity index (χ0n) is 17.1. The third-order valence-electron chi connectivity index (χ3n) is 5.38. The van der Waals surface area contributed by atoms with E-state index in [1.54, 1.807) is 24.3 Å². The molecular weight excluding hydrogens is 414 g/mol. The van der Waals surface area contributed by atoms with Crippen LogP contribution in [0.2, 0.25) is 0 Å². The smallest absolute Gasteiger partial charge is 0.337 e. The highest BCUT2D eigenvalue weighted by Gasteiger charge is 2.18. The van der Waals surface area contributed by atoms with Crippen LogP contribution in [0.1, 0.15) is 63.2 Å². The molecule has 1 fully saturated rings. The highest BCUT2D eigenvalue weighted by atomic mass is 32.1. The monoisotopic (exact) mass is 437 g/mol. The van der Waals surface area contributed by atoms with Crippen LogP contribution in [0, 0.1) is 0 Å². The van der Waals surface area contributed by atoms with Gasteiger partial charge in [-0.05, 0) is 55.3 Å². The molecule has 0 spiro atoms. The van der Waals surface area contributed by atoms with Crippen LogP contribution in [0.25, 0.3) is 10.2 Å². The van der Waals surface area contributed by atoms with Crippen molar-refractivity contribution in [2.45, 2.75) is 38.1 Å². The minimum Gasteiger partial charge on any atom is -0.465 e. The van der Waals surface area contributed by atoms with Gasteiger partial charge in [0.1, 0.15) is 0 Å². The van der Waals surface area contributed by atoms with E-state index in [4.69, 9.17) is 0 Å². The Morgan fingerprint density at radius 1 is 0.935 bits per heavy atom. The Balaban J connectivity index is 1.44. The Kier molecular flexibility index (Phi) is 6.27. The second-order valence-electron chi connectivity index (χ2n) is 7.53. The lowest BCUT2D eigenvalue weighted by Crippen LogP contribution is -2.36. The van der Waals surface area contributed by atoms with E-state index in [0.29, 0.717) is 21.8 Å². The molecule has 7 nitrogen and oxygen atoms in total. The number of fused-ring (bicyclic) bond motifs is 1. The Hall–Kier alpha value is -3.26. The minimum atomic E-state index is -0.457. The zero-order valence-corrected chi connectivity index (χ0v) is 18.0. The highest BCUT2D eigenvalue weighted by molar-refractivity contribution is 7.22. The third-order valence-corrected chi connectivity index (χ3v) is 6.31. The zero-order chi connectivity index (χ0) is 21.8. The molecule has 1 saturated carbocycles. The third kappa shape index (κ3) is 4.91. The molecule has 0 bridgehead atoms. The molecule has 0 atom stereocenters. The van der Waals surface area contributed by atoms with Crippen LogP contribution < -0.4 is 10.6 Å². The van der Waals surface area contributed by atoms with Gasteiger partial charge in [0.2, 0.25) is 0 Å². The first-order valence-corrected chi connectivity index (χ1v) is 11.1. The van der Waals surface area contributed by atoms with Crippen LogP contribution in [0.4, 0.5) is 5.13 Å². The lowest BCUT2D eigenvalue weighted by molar-refractivity contribution is 0.0600. The SMILES string of the molecule is COC(=O)c1ccc(C(=O)Nc2nc3ccc(C(=O)NC4CCCCC4)cc3s2)cc1. The highest BCUT2D eigenvalue weighted by Crippen LogP contribution is 2.27. The minimum absolute atomic E-state index is 0.0709. The number of thiazole rings is 1. The van der Waals surface area contributed by atoms with Gasteiger partial charge in [0.25, 0.3) is 11.8 Å². The fraction of sp³-hybridized carbons (Fsp3) is 0.304. The standard InChI is InChI=1S/C23H23N3O4S/c1-30-22(29)15-9-7-14(8-10-15)20(27)26-23-25-18-12-11-16(13-19(18)31-23)21(28)24-17-5-3-2-4-6-17/h7-13,17H,2-6H2,1H3,(H,24,28)(H,25,26,27). The number of amides is 2. The molecule has 3 aromatic rings. The summed E-state index contributed by atoms with van der Waals surface area (Å²) in [5.41, 5.74) is 2.09. The van der Waals surface area contributed by atoms with Gasteiger partial charge in [-0.15, -0.1) is 0 Å². The molecule has 0 unspecified atom stereocenters. The van der Waals surface area contributed by atoms with Crippen molar-refractivity contribution < 1.29 is 19.1 Å². The van der Waals surface area contributed by atoms with Crippen molar-refractivity contribution >= 4 is 44.5 Å². The van der Waals surface area contributed by atoms with Gasteiger partial charge >= 0.3 is 5.97 Å². The number of benzene rings is 2. The number of carbonyl (C=O) groups excluding carboxylic acids is 3. The number of methoxy groups -OCH3 is 1. The Labute approximate surface area is 183 Å². The Bertz CT molecular complexity index is 1120. The summed E-state index contributed by atoms with van der Waals surface area (Å²) in [6.07, 6.45) is 5.63. The van der Waals surface area contributed by atoms with Crippen LogP contribution in [0.15, 0.2) is 42.5 Å².